The van der Waals surface area contributed by atoms with Gasteiger partial charge in [0.2, 0.25) is 17.5 Å². The van der Waals surface area contributed by atoms with Gasteiger partial charge in [-0.1, -0.05) is 6.92 Å². The van der Waals surface area contributed by atoms with Crippen LogP contribution >= 0.6 is 0 Å². The van der Waals surface area contributed by atoms with Gasteiger partial charge in [0.05, 0.1) is 6.26 Å². The number of oxazole rings is 1. The Morgan fingerprint density at radius 2 is 1.91 bits per heavy atom. The van der Waals surface area contributed by atoms with Crippen LogP contribution in [0.3, 0.4) is 0 Å². The average Bonchev–Trinajstić information content (AvgIpc) is 3.54. The highest BCUT2D eigenvalue weighted by atomic mass is 16.4. The molecule has 35 heavy (non-hydrogen) atoms. The molecule has 9 nitrogen and oxygen atoms in total. The van der Waals surface area contributed by atoms with Crippen molar-refractivity contribution < 1.29 is 18.4 Å². The van der Waals surface area contributed by atoms with Crippen LogP contribution in [0.4, 0.5) is 11.6 Å². The monoisotopic (exact) mass is 475 g/mol. The maximum atomic E-state index is 12.8. The topological polar surface area (TPSA) is 124 Å². The second-order valence-electron chi connectivity index (χ2n) is 9.28. The number of aromatic nitrogens is 1. The van der Waals surface area contributed by atoms with Crippen LogP contribution in [0.1, 0.15) is 56.1 Å². The molecule has 2 aromatic heterocycles. The summed E-state index contributed by atoms with van der Waals surface area (Å²) in [5.74, 6) is 0.747. The van der Waals surface area contributed by atoms with E-state index in [1.54, 1.807) is 36.4 Å². The molecule has 0 saturated carbocycles. The molecular formula is C26H29N5O4. The lowest BCUT2D eigenvalue weighted by molar-refractivity contribution is -0.120. The van der Waals surface area contributed by atoms with E-state index >= 15 is 0 Å². The second kappa shape index (κ2) is 10.1. The van der Waals surface area contributed by atoms with Crippen molar-refractivity contribution in [1.29, 1.82) is 5.26 Å². The van der Waals surface area contributed by atoms with Crippen molar-refractivity contribution in [3.8, 4) is 17.7 Å². The molecule has 0 unspecified atom stereocenters. The van der Waals surface area contributed by atoms with Crippen molar-refractivity contribution in [3.05, 3.63) is 53.9 Å². The van der Waals surface area contributed by atoms with Crippen LogP contribution in [-0.2, 0) is 4.79 Å². The summed E-state index contributed by atoms with van der Waals surface area (Å²) in [6.07, 6.45) is 3.57. The largest absolute Gasteiger partial charge is 0.459 e. The minimum absolute atomic E-state index is 0.0664. The van der Waals surface area contributed by atoms with Crippen molar-refractivity contribution in [1.82, 2.24) is 10.3 Å². The molecule has 0 spiro atoms. The van der Waals surface area contributed by atoms with E-state index in [2.05, 4.69) is 21.7 Å². The number of amides is 2. The third-order valence-electron chi connectivity index (χ3n) is 6.35. The third-order valence-corrected chi connectivity index (χ3v) is 6.35. The molecule has 2 N–H and O–H groups in total. The van der Waals surface area contributed by atoms with E-state index in [9.17, 15) is 14.9 Å². The predicted octanol–water partition coefficient (Wildman–Crippen LogP) is 4.58. The minimum atomic E-state index is -0.279. The maximum Gasteiger partial charge on any atom is 0.266 e. The molecule has 0 aliphatic carbocycles. The molecule has 0 radical (unpaired) electrons. The van der Waals surface area contributed by atoms with Gasteiger partial charge < -0.3 is 24.4 Å². The quantitative estimate of drug-likeness (QED) is 0.512. The van der Waals surface area contributed by atoms with Crippen molar-refractivity contribution >= 4 is 23.4 Å². The Morgan fingerprint density at radius 3 is 2.51 bits per heavy atom. The van der Waals surface area contributed by atoms with E-state index in [1.807, 2.05) is 25.7 Å². The second-order valence-corrected chi connectivity index (χ2v) is 9.28. The van der Waals surface area contributed by atoms with Gasteiger partial charge in [-0.3, -0.25) is 9.59 Å². The summed E-state index contributed by atoms with van der Waals surface area (Å²) in [4.78, 5) is 31.4. The van der Waals surface area contributed by atoms with Crippen molar-refractivity contribution in [2.75, 3.05) is 23.3 Å². The van der Waals surface area contributed by atoms with E-state index < -0.39 is 0 Å². The van der Waals surface area contributed by atoms with Crippen molar-refractivity contribution in [3.63, 3.8) is 0 Å². The molecular weight excluding hydrogens is 446 g/mol. The van der Waals surface area contributed by atoms with E-state index in [4.69, 9.17) is 8.83 Å². The van der Waals surface area contributed by atoms with Crippen LogP contribution in [0.5, 0.6) is 0 Å². The zero-order valence-electron chi connectivity index (χ0n) is 20.1. The molecule has 3 aromatic rings. The van der Waals surface area contributed by atoms with Crippen molar-refractivity contribution in [2.24, 2.45) is 5.92 Å². The van der Waals surface area contributed by atoms with E-state index in [-0.39, 0.29) is 34.9 Å². The van der Waals surface area contributed by atoms with E-state index in [1.165, 1.54) is 6.26 Å². The van der Waals surface area contributed by atoms with Gasteiger partial charge in [-0.25, -0.2) is 0 Å². The number of furan rings is 1. The zero-order chi connectivity index (χ0) is 25.0. The summed E-state index contributed by atoms with van der Waals surface area (Å²) in [5, 5.41) is 15.4. The molecule has 9 heteroatoms. The Morgan fingerprint density at radius 1 is 1.20 bits per heavy atom. The van der Waals surface area contributed by atoms with Crippen molar-refractivity contribution in [2.45, 2.75) is 45.6 Å². The highest BCUT2D eigenvalue weighted by Crippen LogP contribution is 2.31. The molecule has 182 valence electrons. The summed E-state index contributed by atoms with van der Waals surface area (Å²) in [7, 11) is 0. The molecule has 3 heterocycles. The predicted molar refractivity (Wildman–Crippen MR) is 131 cm³/mol. The number of nitrogens with one attached hydrogen (secondary N) is 2. The number of carbonyl (C=O) groups is 2. The lowest BCUT2D eigenvalue weighted by atomic mass is 9.95. The number of rotatable bonds is 7. The number of carbonyl (C=O) groups excluding carboxylic acids is 2. The molecule has 1 aromatic carbocycles. The lowest BCUT2D eigenvalue weighted by Gasteiger charge is -2.31. The first kappa shape index (κ1) is 24.1. The SMILES string of the molecule is CCC(C)(C)NC(=O)c1ccc(NC(=O)C2CCN(c3oc(-c4ccco4)nc3C#N)CC2)cc1. The van der Waals surface area contributed by atoms with Gasteiger partial charge in [0.1, 0.15) is 6.07 Å². The summed E-state index contributed by atoms with van der Waals surface area (Å²) >= 11 is 0. The number of hydrogen-bond donors (Lipinski definition) is 2. The minimum Gasteiger partial charge on any atom is -0.459 e. The molecule has 1 aliphatic heterocycles. The Kier molecular flexibility index (Phi) is 6.92. The highest BCUT2D eigenvalue weighted by molar-refractivity contribution is 5.96. The van der Waals surface area contributed by atoms with Gasteiger partial charge in [-0.05, 0) is 69.5 Å². The summed E-state index contributed by atoms with van der Waals surface area (Å²) < 4.78 is 11.1. The normalized spacial score (nSPS) is 14.4. The average molecular weight is 476 g/mol. The lowest BCUT2D eigenvalue weighted by Crippen LogP contribution is -2.42. The summed E-state index contributed by atoms with van der Waals surface area (Å²) in [6.45, 7) is 7.10. The first-order chi connectivity index (χ1) is 16.8. The van der Waals surface area contributed by atoms with Gasteiger partial charge in [-0.15, -0.1) is 0 Å². The highest BCUT2D eigenvalue weighted by Gasteiger charge is 2.29. The Bertz CT molecular complexity index is 1210. The number of benzene rings is 1. The zero-order valence-corrected chi connectivity index (χ0v) is 20.1. The Labute approximate surface area is 204 Å². The fourth-order valence-electron chi connectivity index (χ4n) is 3.87. The van der Waals surface area contributed by atoms with Gasteiger partial charge in [0, 0.05) is 35.8 Å². The van der Waals surface area contributed by atoms with Gasteiger partial charge in [-0.2, -0.15) is 10.2 Å². The molecule has 1 fully saturated rings. The Hall–Kier alpha value is -4.06. The van der Waals surface area contributed by atoms with Crippen LogP contribution in [0, 0.1) is 17.2 Å². The molecule has 4 rings (SSSR count). The van der Waals surface area contributed by atoms with Crippen LogP contribution < -0.4 is 15.5 Å². The van der Waals surface area contributed by atoms with Gasteiger partial charge in [0.15, 0.2) is 5.76 Å². The molecule has 1 saturated heterocycles. The number of anilines is 2. The standard InChI is InChI=1S/C26H29N5O4/c1-4-26(2,3)30-23(33)17-7-9-19(10-8-17)28-22(32)18-11-13-31(14-12-18)25-20(16-27)29-24(35-25)21-6-5-15-34-21/h5-10,15,18H,4,11-14H2,1-3H3,(H,28,32)(H,30,33). The van der Waals surface area contributed by atoms with Gasteiger partial charge in [0.25, 0.3) is 11.8 Å². The summed E-state index contributed by atoms with van der Waals surface area (Å²) in [6, 6.07) is 12.4. The number of hydrogen-bond acceptors (Lipinski definition) is 7. The van der Waals surface area contributed by atoms with Crippen LogP contribution in [0.15, 0.2) is 51.5 Å². The van der Waals surface area contributed by atoms with Gasteiger partial charge >= 0.3 is 0 Å². The summed E-state index contributed by atoms with van der Waals surface area (Å²) in [5.41, 5.74) is 1.12. The van der Waals surface area contributed by atoms with E-state index in [0.29, 0.717) is 48.8 Å². The van der Waals surface area contributed by atoms with E-state index in [0.717, 1.165) is 6.42 Å². The number of piperidine rings is 1. The first-order valence-electron chi connectivity index (χ1n) is 11.7. The molecule has 2 amide bonds. The molecule has 0 atom stereocenters. The van der Waals surface area contributed by atoms with Crippen LogP contribution in [0.25, 0.3) is 11.7 Å². The maximum absolute atomic E-state index is 12.8. The van der Waals surface area contributed by atoms with Crippen LogP contribution in [-0.4, -0.2) is 35.4 Å². The Balaban J connectivity index is 1.33. The smallest absolute Gasteiger partial charge is 0.266 e. The fraction of sp³-hybridized carbons (Fsp3) is 0.385. The fourth-order valence-corrected chi connectivity index (χ4v) is 3.87. The number of nitrogens with zero attached hydrogens (tertiary/aromatic N) is 3. The molecule has 1 aliphatic rings. The molecule has 0 bridgehead atoms. The van der Waals surface area contributed by atoms with Crippen LogP contribution in [0.2, 0.25) is 0 Å². The number of nitriles is 1. The first-order valence-corrected chi connectivity index (χ1v) is 11.7. The third kappa shape index (κ3) is 5.54.